The van der Waals surface area contributed by atoms with Gasteiger partial charge in [-0.3, -0.25) is 24.6 Å². The second-order valence-electron chi connectivity index (χ2n) is 6.80. The smallest absolute Gasteiger partial charge is 0.293 e. The zero-order chi connectivity index (χ0) is 21.0. The lowest BCUT2D eigenvalue weighted by Gasteiger charge is -2.36. The van der Waals surface area contributed by atoms with E-state index >= 15 is 0 Å². The van der Waals surface area contributed by atoms with E-state index in [1.54, 1.807) is 13.1 Å². The van der Waals surface area contributed by atoms with Gasteiger partial charge >= 0.3 is 0 Å². The molecular weight excluding hydrogens is 392 g/mol. The molecule has 1 aliphatic rings. The third-order valence-electron chi connectivity index (χ3n) is 4.71. The molecule has 9 nitrogen and oxygen atoms in total. The van der Waals surface area contributed by atoms with Crippen molar-refractivity contribution in [3.8, 4) is 0 Å². The van der Waals surface area contributed by atoms with Crippen LogP contribution in [0.15, 0.2) is 17.5 Å². The second-order valence-corrected chi connectivity index (χ2v) is 7.66. The summed E-state index contributed by atoms with van der Waals surface area (Å²) in [4.78, 5) is 47.6. The number of rotatable bonds is 6. The number of nitrogens with one attached hydrogen (secondary N) is 2. The van der Waals surface area contributed by atoms with Crippen LogP contribution in [0.1, 0.15) is 28.8 Å². The fourth-order valence-electron chi connectivity index (χ4n) is 3.14. The fourth-order valence-corrected chi connectivity index (χ4v) is 3.84. The average molecular weight is 417 g/mol. The van der Waals surface area contributed by atoms with E-state index in [-0.39, 0.29) is 5.91 Å². The van der Waals surface area contributed by atoms with Crippen molar-refractivity contribution in [2.75, 3.05) is 43.4 Å². The highest BCUT2D eigenvalue weighted by molar-refractivity contribution is 7.14. The molecule has 2 aromatic rings. The molecule has 1 saturated heterocycles. The number of hydrogen-bond acceptors (Lipinski definition) is 8. The van der Waals surface area contributed by atoms with Crippen molar-refractivity contribution in [2.24, 2.45) is 0 Å². The molecule has 0 radical (unpaired) electrons. The van der Waals surface area contributed by atoms with E-state index in [0.29, 0.717) is 17.4 Å². The molecule has 3 heterocycles. The van der Waals surface area contributed by atoms with Gasteiger partial charge in [0.05, 0.1) is 17.1 Å². The largest absolute Gasteiger partial charge is 0.368 e. The van der Waals surface area contributed by atoms with Crippen LogP contribution in [0.2, 0.25) is 0 Å². The highest BCUT2D eigenvalue weighted by atomic mass is 32.1. The van der Waals surface area contributed by atoms with E-state index < -0.39 is 11.7 Å². The van der Waals surface area contributed by atoms with Crippen LogP contribution in [0, 0.1) is 6.92 Å². The Labute approximate surface area is 173 Å². The molecule has 1 fully saturated rings. The standard InChI is InChI=1S/C19H24N6O3S/c1-12-16(5-4-15(21-12)18(28)20-3)25-8-6-24(7-9-25)10-14-11-29-19(22-14)23-17(27)13(2)26/h4-5,11H,6-10H2,1-3H3,(H,20,28)(H,22,23,27). The number of anilines is 2. The Kier molecular flexibility index (Phi) is 6.55. The maximum atomic E-state index is 11.7. The highest BCUT2D eigenvalue weighted by Gasteiger charge is 2.21. The molecule has 0 atom stereocenters. The highest BCUT2D eigenvalue weighted by Crippen LogP contribution is 2.22. The van der Waals surface area contributed by atoms with Crippen LogP contribution in [-0.2, 0) is 16.1 Å². The molecule has 2 aromatic heterocycles. The van der Waals surface area contributed by atoms with Crippen LogP contribution < -0.4 is 15.5 Å². The first-order valence-electron chi connectivity index (χ1n) is 9.30. The lowest BCUT2D eigenvalue weighted by Crippen LogP contribution is -2.46. The maximum absolute atomic E-state index is 11.7. The predicted molar refractivity (Wildman–Crippen MR) is 111 cm³/mol. The quantitative estimate of drug-likeness (QED) is 0.678. The lowest BCUT2D eigenvalue weighted by molar-refractivity contribution is -0.133. The Hall–Kier alpha value is -2.85. The summed E-state index contributed by atoms with van der Waals surface area (Å²) in [6.07, 6.45) is 0. The minimum atomic E-state index is -0.647. The summed E-state index contributed by atoms with van der Waals surface area (Å²) in [5.74, 6) is -1.37. The summed E-state index contributed by atoms with van der Waals surface area (Å²) >= 11 is 1.32. The van der Waals surface area contributed by atoms with Crippen molar-refractivity contribution in [2.45, 2.75) is 20.4 Å². The number of amides is 2. The van der Waals surface area contributed by atoms with Gasteiger partial charge in [0.25, 0.3) is 11.8 Å². The van der Waals surface area contributed by atoms with Crippen molar-refractivity contribution < 1.29 is 14.4 Å². The van der Waals surface area contributed by atoms with Gasteiger partial charge in [-0.25, -0.2) is 9.97 Å². The minimum absolute atomic E-state index is 0.188. The average Bonchev–Trinajstić information content (AvgIpc) is 3.14. The van der Waals surface area contributed by atoms with Gasteiger partial charge < -0.3 is 10.2 Å². The van der Waals surface area contributed by atoms with Crippen LogP contribution in [0.3, 0.4) is 0 Å². The van der Waals surface area contributed by atoms with E-state index in [0.717, 1.165) is 43.3 Å². The van der Waals surface area contributed by atoms with Crippen molar-refractivity contribution in [3.05, 3.63) is 34.6 Å². The van der Waals surface area contributed by atoms with Gasteiger partial charge in [0.2, 0.25) is 5.78 Å². The van der Waals surface area contributed by atoms with Gasteiger partial charge in [0, 0.05) is 52.1 Å². The number of aryl methyl sites for hydroxylation is 1. The number of pyridine rings is 1. The summed E-state index contributed by atoms with van der Waals surface area (Å²) in [5, 5.41) is 7.43. The Morgan fingerprint density at radius 3 is 2.48 bits per heavy atom. The molecule has 10 heteroatoms. The Bertz CT molecular complexity index is 920. The summed E-state index contributed by atoms with van der Waals surface area (Å²) in [5.41, 5.74) is 3.17. The van der Waals surface area contributed by atoms with Crippen LogP contribution in [0.25, 0.3) is 0 Å². The normalized spacial score (nSPS) is 14.5. The summed E-state index contributed by atoms with van der Waals surface area (Å²) in [7, 11) is 1.59. The van der Waals surface area contributed by atoms with Crippen LogP contribution in [0.4, 0.5) is 10.8 Å². The second kappa shape index (κ2) is 9.10. The number of hydrogen-bond donors (Lipinski definition) is 2. The molecule has 0 aliphatic carbocycles. The number of Topliss-reactive ketones (excluding diaryl/α,β-unsaturated/α-hetero) is 1. The van der Waals surface area contributed by atoms with Gasteiger partial charge in [-0.15, -0.1) is 11.3 Å². The first kappa shape index (κ1) is 20.9. The number of ketones is 1. The van der Waals surface area contributed by atoms with Crippen LogP contribution >= 0.6 is 11.3 Å². The van der Waals surface area contributed by atoms with Gasteiger partial charge in [-0.1, -0.05) is 0 Å². The van der Waals surface area contributed by atoms with Gasteiger partial charge in [0.1, 0.15) is 5.69 Å². The monoisotopic (exact) mass is 416 g/mol. The molecule has 0 spiro atoms. The molecule has 29 heavy (non-hydrogen) atoms. The van der Waals surface area contributed by atoms with Gasteiger partial charge in [-0.05, 0) is 19.1 Å². The van der Waals surface area contributed by atoms with Crippen LogP contribution in [0.5, 0.6) is 0 Å². The molecule has 0 bridgehead atoms. The minimum Gasteiger partial charge on any atom is -0.368 e. The van der Waals surface area contributed by atoms with Crippen molar-refractivity contribution in [1.82, 2.24) is 20.2 Å². The summed E-state index contributed by atoms with van der Waals surface area (Å²) in [6.45, 7) is 7.26. The molecule has 2 amide bonds. The zero-order valence-electron chi connectivity index (χ0n) is 16.7. The zero-order valence-corrected chi connectivity index (χ0v) is 17.5. The lowest BCUT2D eigenvalue weighted by atomic mass is 10.2. The Morgan fingerprint density at radius 2 is 1.86 bits per heavy atom. The molecule has 0 aromatic carbocycles. The van der Waals surface area contributed by atoms with Crippen molar-refractivity contribution >= 4 is 39.8 Å². The van der Waals surface area contributed by atoms with Gasteiger partial charge in [-0.2, -0.15) is 0 Å². The van der Waals surface area contributed by atoms with Gasteiger partial charge in [0.15, 0.2) is 5.13 Å². The van der Waals surface area contributed by atoms with Crippen LogP contribution in [-0.4, -0.2) is 65.7 Å². The first-order valence-corrected chi connectivity index (χ1v) is 10.2. The molecule has 154 valence electrons. The molecule has 0 saturated carbocycles. The SMILES string of the molecule is CNC(=O)c1ccc(N2CCN(Cc3csc(NC(=O)C(C)=O)n3)CC2)c(C)n1. The fraction of sp³-hybridized carbons (Fsp3) is 0.421. The van der Waals surface area contributed by atoms with Crippen molar-refractivity contribution in [1.29, 1.82) is 0 Å². The van der Waals surface area contributed by atoms with E-state index in [4.69, 9.17) is 0 Å². The molecule has 3 rings (SSSR count). The Morgan fingerprint density at radius 1 is 1.14 bits per heavy atom. The van der Waals surface area contributed by atoms with E-state index in [2.05, 4.69) is 30.4 Å². The third kappa shape index (κ3) is 5.15. The molecular formula is C19H24N6O3S. The Balaban J connectivity index is 1.55. The number of carbonyl (C=O) groups excluding carboxylic acids is 3. The summed E-state index contributed by atoms with van der Waals surface area (Å²) in [6, 6.07) is 3.70. The van der Waals surface area contributed by atoms with E-state index in [1.807, 2.05) is 18.4 Å². The maximum Gasteiger partial charge on any atom is 0.293 e. The third-order valence-corrected chi connectivity index (χ3v) is 5.51. The number of piperazine rings is 1. The predicted octanol–water partition coefficient (Wildman–Crippen LogP) is 1.06. The molecule has 2 N–H and O–H groups in total. The van der Waals surface area contributed by atoms with Crippen molar-refractivity contribution in [3.63, 3.8) is 0 Å². The number of nitrogens with zero attached hydrogens (tertiary/aromatic N) is 4. The van der Waals surface area contributed by atoms with E-state index in [9.17, 15) is 14.4 Å². The number of aromatic nitrogens is 2. The van der Waals surface area contributed by atoms with E-state index in [1.165, 1.54) is 18.3 Å². The topological polar surface area (TPSA) is 108 Å². The molecule has 0 unspecified atom stereocenters. The molecule has 1 aliphatic heterocycles. The number of carbonyl (C=O) groups is 3. The summed E-state index contributed by atoms with van der Waals surface area (Å²) < 4.78 is 0. The number of thiazole rings is 1. The first-order chi connectivity index (χ1) is 13.9.